The van der Waals surface area contributed by atoms with Gasteiger partial charge in [0.05, 0.1) is 12.4 Å². The van der Waals surface area contributed by atoms with Crippen LogP contribution < -0.4 is 0 Å². The molecule has 3 nitrogen and oxygen atoms in total. The fraction of sp³-hybridized carbons (Fsp3) is 0.588. The van der Waals surface area contributed by atoms with Gasteiger partial charge in [0, 0.05) is 24.7 Å². The first-order valence-electron chi connectivity index (χ1n) is 8.03. The lowest BCUT2D eigenvalue weighted by atomic mass is 9.83. The minimum Gasteiger partial charge on any atom is -0.396 e. The highest BCUT2D eigenvalue weighted by Crippen LogP contribution is 2.41. The van der Waals surface area contributed by atoms with Crippen LogP contribution in [0, 0.1) is 5.92 Å². The number of aliphatic hydroxyl groups excluding tert-OH is 1. The van der Waals surface area contributed by atoms with Gasteiger partial charge in [-0.15, -0.1) is 3.97 Å². The van der Waals surface area contributed by atoms with Crippen LogP contribution in [0.4, 0.5) is 0 Å². The minimum atomic E-state index is -0.00916. The maximum atomic E-state index is 9.45. The van der Waals surface area contributed by atoms with Gasteiger partial charge < -0.3 is 5.11 Å². The van der Waals surface area contributed by atoms with Crippen molar-refractivity contribution in [3.05, 3.63) is 40.6 Å². The molecule has 0 aromatic carbocycles. The third-order valence-corrected chi connectivity index (χ3v) is 6.52. The Hall–Kier alpha value is -1.13. The lowest BCUT2D eigenvalue weighted by molar-refractivity contribution is 0.237. The van der Waals surface area contributed by atoms with Gasteiger partial charge in [0.25, 0.3) is 0 Å². The first-order valence-corrected chi connectivity index (χ1v) is 9.27. The number of hydrogen-bond acceptors (Lipinski definition) is 2. The molecule has 0 saturated heterocycles. The van der Waals surface area contributed by atoms with Crippen LogP contribution in [-0.4, -0.2) is 20.7 Å². The van der Waals surface area contributed by atoms with Crippen molar-refractivity contribution in [3.8, 4) is 0 Å². The Morgan fingerprint density at radius 3 is 2.86 bits per heavy atom. The number of hydrogen-bond donors (Lipinski definition) is 1. The summed E-state index contributed by atoms with van der Waals surface area (Å²) in [5, 5.41) is 11.8. The highest BCUT2D eigenvalue weighted by molar-refractivity contribution is 7.28. The average molecular weight is 305 g/mol. The van der Waals surface area contributed by atoms with E-state index in [0.717, 1.165) is 12.3 Å². The second-order valence-electron chi connectivity index (χ2n) is 6.25. The van der Waals surface area contributed by atoms with Crippen molar-refractivity contribution in [2.24, 2.45) is 5.92 Å². The Labute approximate surface area is 129 Å². The summed E-state index contributed by atoms with van der Waals surface area (Å²) in [5.74, 6) is 1.06. The molecule has 1 fully saturated rings. The van der Waals surface area contributed by atoms with Crippen LogP contribution in [0.15, 0.2) is 30.2 Å². The fourth-order valence-corrected chi connectivity index (χ4v) is 5.46. The predicted molar refractivity (Wildman–Crippen MR) is 87.7 cm³/mol. The zero-order chi connectivity index (χ0) is 14.7. The summed E-state index contributed by atoms with van der Waals surface area (Å²) in [4.78, 5) is 5.73. The number of aliphatic hydroxyl groups is 1. The molecule has 0 spiro atoms. The summed E-state index contributed by atoms with van der Waals surface area (Å²) in [7, 11) is -0.00916. The van der Waals surface area contributed by atoms with Crippen molar-refractivity contribution in [1.82, 2.24) is 8.96 Å². The monoisotopic (exact) mass is 305 g/mol. The van der Waals surface area contributed by atoms with Gasteiger partial charge in [-0.2, -0.15) is 0 Å². The molecular formula is C17H25N2OS+. The van der Waals surface area contributed by atoms with Gasteiger partial charge in [0.2, 0.25) is 0 Å². The average Bonchev–Trinajstić information content (AvgIpc) is 3.17. The Kier molecular flexibility index (Phi) is 4.76. The first-order chi connectivity index (χ1) is 10.3. The summed E-state index contributed by atoms with van der Waals surface area (Å²) < 4.78 is 2.21. The van der Waals surface area contributed by atoms with Crippen molar-refractivity contribution in [2.75, 3.05) is 6.61 Å². The van der Waals surface area contributed by atoms with E-state index in [1.807, 2.05) is 12.5 Å². The molecule has 4 heteroatoms. The molecule has 1 aliphatic rings. The largest absolute Gasteiger partial charge is 0.396 e. The quantitative estimate of drug-likeness (QED) is 0.842. The zero-order valence-corrected chi connectivity index (χ0v) is 13.6. The molecule has 21 heavy (non-hydrogen) atoms. The molecule has 1 N–H and O–H groups in total. The van der Waals surface area contributed by atoms with Crippen LogP contribution in [0.25, 0.3) is 0 Å². The summed E-state index contributed by atoms with van der Waals surface area (Å²) in [5.41, 5.74) is 1.56. The number of nitrogens with zero attached hydrogens (tertiary/aromatic N) is 2. The van der Waals surface area contributed by atoms with Crippen molar-refractivity contribution in [2.45, 2.75) is 51.4 Å². The van der Waals surface area contributed by atoms with Crippen LogP contribution in [0.5, 0.6) is 0 Å². The van der Waals surface area contributed by atoms with E-state index in [1.54, 1.807) is 5.56 Å². The van der Waals surface area contributed by atoms with Gasteiger partial charge in [0.1, 0.15) is 17.0 Å². The molecule has 0 radical (unpaired) electrons. The van der Waals surface area contributed by atoms with Gasteiger partial charge in [-0.3, -0.25) is 0 Å². The third-order valence-electron chi connectivity index (χ3n) is 4.55. The van der Waals surface area contributed by atoms with E-state index in [2.05, 4.69) is 33.5 Å². The molecule has 1 saturated carbocycles. The van der Waals surface area contributed by atoms with Crippen molar-refractivity contribution in [1.29, 1.82) is 0 Å². The van der Waals surface area contributed by atoms with E-state index < -0.39 is 0 Å². The van der Waals surface area contributed by atoms with Crippen LogP contribution >= 0.6 is 10.7 Å². The Morgan fingerprint density at radius 2 is 2.19 bits per heavy atom. The number of imidazole rings is 1. The Morgan fingerprint density at radius 1 is 1.38 bits per heavy atom. The van der Waals surface area contributed by atoms with Crippen LogP contribution in [0.2, 0.25) is 0 Å². The highest BCUT2D eigenvalue weighted by atomic mass is 32.2. The maximum Gasteiger partial charge on any atom is 0.182 e. The zero-order valence-electron chi connectivity index (χ0n) is 12.7. The van der Waals surface area contributed by atoms with Crippen LogP contribution in [0.1, 0.15) is 55.4 Å². The van der Waals surface area contributed by atoms with Crippen molar-refractivity contribution in [3.63, 3.8) is 0 Å². The molecule has 114 valence electrons. The summed E-state index contributed by atoms with van der Waals surface area (Å²) in [6.07, 6.45) is 13.6. The van der Waals surface area contributed by atoms with Gasteiger partial charge in [0.15, 0.2) is 10.3 Å². The molecule has 0 amide bonds. The summed E-state index contributed by atoms with van der Waals surface area (Å²) in [6, 6.07) is 2.36. The topological polar surface area (TPSA) is 38.0 Å². The third kappa shape index (κ3) is 3.22. The standard InChI is InChI=1S/C17H25N2OS/c1-14(12-20)11-17-16(15-5-3-2-4-6-15)7-10-21(17)19-9-8-18-13-19/h7-10,13-15,20H,2-6,11-12H2,1H3/q+1. The highest BCUT2D eigenvalue weighted by Gasteiger charge is 2.29. The SMILES string of the molecule is CC(CO)Cc1c(C2CCCCC2)cc[s+]1-n1ccnc1. The molecule has 0 aliphatic heterocycles. The fourth-order valence-electron chi connectivity index (χ4n) is 3.36. The first kappa shape index (κ1) is 14.8. The van der Waals surface area contributed by atoms with Crippen LogP contribution in [0.3, 0.4) is 0 Å². The van der Waals surface area contributed by atoms with E-state index >= 15 is 0 Å². The normalized spacial score (nSPS) is 18.9. The number of rotatable bonds is 5. The number of aromatic nitrogens is 2. The molecule has 3 rings (SSSR count). The van der Waals surface area contributed by atoms with Gasteiger partial charge in [-0.1, -0.05) is 26.2 Å². The molecule has 2 aromatic rings. The van der Waals surface area contributed by atoms with E-state index in [-0.39, 0.29) is 17.3 Å². The second-order valence-corrected chi connectivity index (χ2v) is 8.06. The van der Waals surface area contributed by atoms with E-state index in [9.17, 15) is 5.11 Å². The van der Waals surface area contributed by atoms with Crippen molar-refractivity contribution < 1.29 is 5.11 Å². The molecule has 2 heterocycles. The van der Waals surface area contributed by atoms with Gasteiger partial charge in [-0.25, -0.2) is 4.98 Å². The van der Waals surface area contributed by atoms with Crippen LogP contribution in [-0.2, 0) is 6.42 Å². The molecule has 2 aromatic heterocycles. The minimum absolute atomic E-state index is 0.00916. The molecular weight excluding hydrogens is 280 g/mol. The number of thiophene rings is 1. The lowest BCUT2D eigenvalue weighted by Gasteiger charge is -2.21. The Balaban J connectivity index is 1.95. The predicted octanol–water partition coefficient (Wildman–Crippen LogP) is 4.16. The molecule has 1 aliphatic carbocycles. The van der Waals surface area contributed by atoms with E-state index in [1.165, 1.54) is 37.0 Å². The van der Waals surface area contributed by atoms with Crippen molar-refractivity contribution >= 4 is 10.7 Å². The van der Waals surface area contributed by atoms with Gasteiger partial charge >= 0.3 is 0 Å². The maximum absolute atomic E-state index is 9.45. The second kappa shape index (κ2) is 6.75. The van der Waals surface area contributed by atoms with Gasteiger partial charge in [-0.05, 0) is 24.7 Å². The lowest BCUT2D eigenvalue weighted by Crippen LogP contribution is -2.10. The molecule has 2 unspecified atom stereocenters. The summed E-state index contributed by atoms with van der Waals surface area (Å²) in [6.45, 7) is 2.40. The molecule has 2 atom stereocenters. The molecule has 0 bridgehead atoms. The summed E-state index contributed by atoms with van der Waals surface area (Å²) >= 11 is 0. The Bertz CT molecular complexity index is 555. The van der Waals surface area contributed by atoms with E-state index in [4.69, 9.17) is 0 Å². The van der Waals surface area contributed by atoms with E-state index in [0.29, 0.717) is 5.92 Å². The smallest absolute Gasteiger partial charge is 0.182 e.